The highest BCUT2D eigenvalue weighted by atomic mass is 32.1. The fourth-order valence-electron chi connectivity index (χ4n) is 2.32. The van der Waals surface area contributed by atoms with Crippen LogP contribution in [0.2, 0.25) is 0 Å². The summed E-state index contributed by atoms with van der Waals surface area (Å²) in [5.41, 5.74) is 1.44. The van der Waals surface area contributed by atoms with Crippen LogP contribution in [0.1, 0.15) is 36.0 Å². The maximum Gasteiger partial charge on any atom is 0.127 e. The van der Waals surface area contributed by atoms with Gasteiger partial charge in [-0.15, -0.1) is 11.3 Å². The second-order valence-electron chi connectivity index (χ2n) is 4.19. The van der Waals surface area contributed by atoms with Crippen LogP contribution in [0.15, 0.2) is 5.03 Å². The van der Waals surface area contributed by atoms with Gasteiger partial charge in [0.1, 0.15) is 10.7 Å². The van der Waals surface area contributed by atoms with Crippen molar-refractivity contribution in [1.82, 2.24) is 9.97 Å². The van der Waals surface area contributed by atoms with E-state index in [1.807, 2.05) is 11.3 Å². The smallest absolute Gasteiger partial charge is 0.127 e. The molecule has 4 heteroatoms. The van der Waals surface area contributed by atoms with E-state index >= 15 is 0 Å². The van der Waals surface area contributed by atoms with Crippen molar-refractivity contribution >= 4 is 34.2 Å². The maximum absolute atomic E-state index is 5.40. The van der Waals surface area contributed by atoms with Gasteiger partial charge in [-0.25, -0.2) is 4.98 Å². The van der Waals surface area contributed by atoms with Gasteiger partial charge in [0.05, 0.1) is 0 Å². The minimum absolute atomic E-state index is 0.765. The predicted octanol–water partition coefficient (Wildman–Crippen LogP) is 3.04. The summed E-state index contributed by atoms with van der Waals surface area (Å²) < 4.78 is 0. The molecule has 0 unspecified atom stereocenters. The molecule has 0 saturated carbocycles. The van der Waals surface area contributed by atoms with Gasteiger partial charge in [-0.05, 0) is 31.2 Å². The lowest BCUT2D eigenvalue weighted by molar-refractivity contribution is 0.699. The van der Waals surface area contributed by atoms with Gasteiger partial charge in [0, 0.05) is 16.7 Å². The SMILES string of the molecule is CCc1nc([S-])c2c3c(sc2n1)CCCC3. The van der Waals surface area contributed by atoms with Gasteiger partial charge < -0.3 is 12.6 Å². The summed E-state index contributed by atoms with van der Waals surface area (Å²) in [5, 5.41) is 1.94. The quantitative estimate of drug-likeness (QED) is 0.574. The molecule has 0 saturated heterocycles. The molecule has 16 heavy (non-hydrogen) atoms. The van der Waals surface area contributed by atoms with Crippen LogP contribution < -0.4 is 0 Å². The first-order valence-corrected chi connectivity index (χ1v) is 7.00. The molecule has 0 bridgehead atoms. The fourth-order valence-corrected chi connectivity index (χ4v) is 3.99. The molecule has 84 valence electrons. The van der Waals surface area contributed by atoms with Gasteiger partial charge in [0.2, 0.25) is 0 Å². The summed E-state index contributed by atoms with van der Waals surface area (Å²) in [4.78, 5) is 11.6. The molecule has 0 amide bonds. The summed E-state index contributed by atoms with van der Waals surface area (Å²) >= 11 is 7.23. The molecule has 2 aromatic heterocycles. The Bertz CT molecular complexity index is 545. The lowest BCUT2D eigenvalue weighted by Gasteiger charge is -2.14. The molecule has 0 atom stereocenters. The zero-order valence-electron chi connectivity index (χ0n) is 9.25. The van der Waals surface area contributed by atoms with Crippen LogP contribution in [-0.2, 0) is 31.9 Å². The van der Waals surface area contributed by atoms with Gasteiger partial charge in [-0.1, -0.05) is 11.9 Å². The van der Waals surface area contributed by atoms with Crippen LogP contribution in [0.4, 0.5) is 0 Å². The van der Waals surface area contributed by atoms with Crippen LogP contribution >= 0.6 is 11.3 Å². The normalized spacial score (nSPS) is 15.3. The largest absolute Gasteiger partial charge is 0.759 e. The van der Waals surface area contributed by atoms with Gasteiger partial charge in [-0.2, -0.15) is 0 Å². The number of thiophene rings is 1. The maximum atomic E-state index is 5.40. The van der Waals surface area contributed by atoms with Crippen molar-refractivity contribution in [3.05, 3.63) is 16.3 Å². The first-order valence-electron chi connectivity index (χ1n) is 5.77. The summed E-state index contributed by atoms with van der Waals surface area (Å²) in [6.45, 7) is 2.07. The average Bonchev–Trinajstić information content (AvgIpc) is 2.67. The van der Waals surface area contributed by atoms with E-state index in [9.17, 15) is 0 Å². The van der Waals surface area contributed by atoms with Crippen LogP contribution in [0, 0.1) is 0 Å². The molecule has 0 radical (unpaired) electrons. The van der Waals surface area contributed by atoms with Crippen molar-refractivity contribution in [2.24, 2.45) is 0 Å². The number of fused-ring (bicyclic) bond motifs is 3. The Labute approximate surface area is 105 Å². The van der Waals surface area contributed by atoms with Crippen molar-refractivity contribution in [2.75, 3.05) is 0 Å². The van der Waals surface area contributed by atoms with E-state index in [-0.39, 0.29) is 0 Å². The topological polar surface area (TPSA) is 25.8 Å². The Hall–Kier alpha value is -0.740. The molecule has 0 N–H and O–H groups in total. The highest BCUT2D eigenvalue weighted by Crippen LogP contribution is 2.36. The third-order valence-corrected chi connectivity index (χ3v) is 4.63. The van der Waals surface area contributed by atoms with E-state index in [0.29, 0.717) is 0 Å². The molecule has 2 nitrogen and oxygen atoms in total. The van der Waals surface area contributed by atoms with E-state index in [1.54, 1.807) is 0 Å². The third-order valence-electron chi connectivity index (χ3n) is 3.14. The minimum atomic E-state index is 0.765. The summed E-state index contributed by atoms with van der Waals surface area (Å²) in [5.74, 6) is 0.885. The van der Waals surface area contributed by atoms with Crippen molar-refractivity contribution in [3.63, 3.8) is 0 Å². The van der Waals surface area contributed by atoms with Crippen molar-refractivity contribution in [3.8, 4) is 0 Å². The van der Waals surface area contributed by atoms with E-state index in [4.69, 9.17) is 12.6 Å². The summed E-state index contributed by atoms with van der Waals surface area (Å²) in [7, 11) is 0. The lowest BCUT2D eigenvalue weighted by Crippen LogP contribution is -2.00. The molecule has 0 fully saturated rings. The number of aromatic nitrogens is 2. The van der Waals surface area contributed by atoms with Gasteiger partial charge in [-0.3, -0.25) is 4.98 Å². The number of hydrogen-bond donors (Lipinski definition) is 0. The number of aryl methyl sites for hydroxylation is 3. The molecular weight excluding hydrogens is 236 g/mol. The first-order chi connectivity index (χ1) is 7.79. The molecule has 0 aliphatic heterocycles. The Balaban J connectivity index is 2.30. The second-order valence-corrected chi connectivity index (χ2v) is 5.66. The average molecular weight is 249 g/mol. The number of hydrogen-bond acceptors (Lipinski definition) is 4. The predicted molar refractivity (Wildman–Crippen MR) is 69.1 cm³/mol. The third kappa shape index (κ3) is 1.52. The Morgan fingerprint density at radius 3 is 2.88 bits per heavy atom. The molecule has 0 spiro atoms. The first kappa shape index (κ1) is 10.4. The lowest BCUT2D eigenvalue weighted by atomic mass is 9.97. The molecule has 0 aromatic carbocycles. The van der Waals surface area contributed by atoms with Gasteiger partial charge in [0.25, 0.3) is 0 Å². The van der Waals surface area contributed by atoms with E-state index in [2.05, 4.69) is 16.9 Å². The molecule has 2 aromatic rings. The van der Waals surface area contributed by atoms with E-state index in [0.717, 1.165) is 28.5 Å². The van der Waals surface area contributed by atoms with Crippen LogP contribution in [0.3, 0.4) is 0 Å². The van der Waals surface area contributed by atoms with E-state index < -0.39 is 0 Å². The Kier molecular flexibility index (Phi) is 2.56. The molecule has 1 aliphatic carbocycles. The van der Waals surface area contributed by atoms with Crippen LogP contribution in [0.25, 0.3) is 10.2 Å². The Morgan fingerprint density at radius 1 is 1.25 bits per heavy atom. The standard InChI is InChI=1S/C12H14N2S2/c1-2-9-13-11(15)10-7-5-3-4-6-8(7)16-12(10)14-9/h2-6H2,1H3,(H,13,14,15)/p-1. The summed E-state index contributed by atoms with van der Waals surface area (Å²) in [6.07, 6.45) is 5.81. The van der Waals surface area contributed by atoms with Crippen LogP contribution in [-0.4, -0.2) is 9.97 Å². The van der Waals surface area contributed by atoms with Crippen molar-refractivity contribution < 1.29 is 0 Å². The zero-order chi connectivity index (χ0) is 11.1. The Morgan fingerprint density at radius 2 is 2.06 bits per heavy atom. The van der Waals surface area contributed by atoms with Gasteiger partial charge in [0.15, 0.2) is 0 Å². The molecule has 1 aliphatic rings. The monoisotopic (exact) mass is 249 g/mol. The number of rotatable bonds is 1. The molecule has 3 rings (SSSR count). The highest BCUT2D eigenvalue weighted by Gasteiger charge is 2.17. The van der Waals surface area contributed by atoms with Crippen molar-refractivity contribution in [1.29, 1.82) is 0 Å². The fraction of sp³-hybridized carbons (Fsp3) is 0.500. The second kappa shape index (κ2) is 3.93. The molecular formula is C12H13N2S2-. The van der Waals surface area contributed by atoms with Gasteiger partial charge >= 0.3 is 0 Å². The minimum Gasteiger partial charge on any atom is -0.759 e. The number of nitrogens with zero attached hydrogens (tertiary/aromatic N) is 2. The van der Waals surface area contributed by atoms with Crippen LogP contribution in [0.5, 0.6) is 0 Å². The highest BCUT2D eigenvalue weighted by molar-refractivity contribution is 7.59. The van der Waals surface area contributed by atoms with E-state index in [1.165, 1.54) is 35.1 Å². The molecule has 2 heterocycles. The zero-order valence-corrected chi connectivity index (χ0v) is 10.9. The summed E-state index contributed by atoms with van der Waals surface area (Å²) in [6, 6.07) is 0. The van der Waals surface area contributed by atoms with Crippen molar-refractivity contribution in [2.45, 2.75) is 44.1 Å².